The van der Waals surface area contributed by atoms with Crippen LogP contribution in [0.2, 0.25) is 0 Å². The minimum absolute atomic E-state index is 0.292. The molecule has 2 fully saturated rings. The third kappa shape index (κ3) is 4.99. The fourth-order valence-corrected chi connectivity index (χ4v) is 3.44. The molecule has 2 saturated carbocycles. The molecule has 0 aliphatic heterocycles. The SMILES string of the molecule is Cc1c(OC/C=C/C2CC2)ccc(OCCCC2CCCC2)c1F. The molecule has 0 bridgehead atoms. The van der Waals surface area contributed by atoms with Crippen molar-refractivity contribution >= 4 is 0 Å². The van der Waals surface area contributed by atoms with E-state index >= 15 is 0 Å². The number of hydrogen-bond acceptors (Lipinski definition) is 2. The van der Waals surface area contributed by atoms with Crippen molar-refractivity contribution in [2.24, 2.45) is 11.8 Å². The summed E-state index contributed by atoms with van der Waals surface area (Å²) in [4.78, 5) is 0. The highest BCUT2D eigenvalue weighted by molar-refractivity contribution is 5.41. The fourth-order valence-electron chi connectivity index (χ4n) is 3.44. The zero-order chi connectivity index (χ0) is 16.8. The van der Waals surface area contributed by atoms with Gasteiger partial charge in [-0.2, -0.15) is 0 Å². The first-order valence-electron chi connectivity index (χ1n) is 9.45. The van der Waals surface area contributed by atoms with Gasteiger partial charge in [0.1, 0.15) is 12.4 Å². The van der Waals surface area contributed by atoms with Gasteiger partial charge in [0.25, 0.3) is 0 Å². The summed E-state index contributed by atoms with van der Waals surface area (Å²) in [6.07, 6.45) is 14.5. The van der Waals surface area contributed by atoms with Gasteiger partial charge in [0, 0.05) is 5.56 Å². The van der Waals surface area contributed by atoms with Crippen molar-refractivity contribution < 1.29 is 13.9 Å². The van der Waals surface area contributed by atoms with E-state index in [9.17, 15) is 4.39 Å². The number of allylic oxidation sites excluding steroid dienone is 1. The highest BCUT2D eigenvalue weighted by Crippen LogP contribution is 2.31. The fraction of sp³-hybridized carbons (Fsp3) is 0.619. The van der Waals surface area contributed by atoms with Gasteiger partial charge in [0.2, 0.25) is 0 Å². The highest BCUT2D eigenvalue weighted by Gasteiger charge is 2.17. The Morgan fingerprint density at radius 1 is 1.08 bits per heavy atom. The molecule has 3 rings (SSSR count). The Labute approximate surface area is 145 Å². The lowest BCUT2D eigenvalue weighted by molar-refractivity contribution is 0.277. The van der Waals surface area contributed by atoms with Crippen LogP contribution in [0.1, 0.15) is 56.9 Å². The molecule has 2 aliphatic rings. The van der Waals surface area contributed by atoms with Gasteiger partial charge in [-0.3, -0.25) is 0 Å². The van der Waals surface area contributed by atoms with E-state index in [1.807, 2.05) is 12.1 Å². The van der Waals surface area contributed by atoms with Gasteiger partial charge in [-0.15, -0.1) is 0 Å². The molecule has 0 heterocycles. The van der Waals surface area contributed by atoms with Gasteiger partial charge in [-0.25, -0.2) is 4.39 Å². The molecule has 0 radical (unpaired) electrons. The predicted molar refractivity (Wildman–Crippen MR) is 95.2 cm³/mol. The van der Waals surface area contributed by atoms with Gasteiger partial charge < -0.3 is 9.47 Å². The smallest absolute Gasteiger partial charge is 0.171 e. The maximum Gasteiger partial charge on any atom is 0.171 e. The van der Waals surface area contributed by atoms with E-state index in [1.54, 1.807) is 13.0 Å². The van der Waals surface area contributed by atoms with Crippen molar-refractivity contribution in [3.05, 3.63) is 35.7 Å². The standard InChI is InChI=1S/C21H29FO2/c1-16-19(23-14-5-9-18-10-11-18)12-13-20(21(16)22)24-15-4-8-17-6-2-3-7-17/h5,9,12-13,17-18H,2-4,6-8,10-11,14-15H2,1H3/b9-5+. The highest BCUT2D eigenvalue weighted by atomic mass is 19.1. The zero-order valence-electron chi connectivity index (χ0n) is 14.7. The molecule has 2 aliphatic carbocycles. The van der Waals surface area contributed by atoms with Crippen LogP contribution < -0.4 is 9.47 Å². The first kappa shape index (κ1) is 17.3. The van der Waals surface area contributed by atoms with Gasteiger partial charge >= 0.3 is 0 Å². The maximum atomic E-state index is 14.4. The summed E-state index contributed by atoms with van der Waals surface area (Å²) in [6.45, 7) is 2.84. The second-order valence-corrected chi connectivity index (χ2v) is 7.22. The molecule has 0 spiro atoms. The third-order valence-corrected chi connectivity index (χ3v) is 5.16. The largest absolute Gasteiger partial charge is 0.491 e. The minimum Gasteiger partial charge on any atom is -0.491 e. The van der Waals surface area contributed by atoms with Crippen LogP contribution in [0.4, 0.5) is 4.39 Å². The first-order valence-corrected chi connectivity index (χ1v) is 9.45. The molecule has 0 N–H and O–H groups in total. The van der Waals surface area contributed by atoms with Crippen LogP contribution in [0.5, 0.6) is 11.5 Å². The summed E-state index contributed by atoms with van der Waals surface area (Å²) >= 11 is 0. The van der Waals surface area contributed by atoms with E-state index in [-0.39, 0.29) is 5.82 Å². The quantitative estimate of drug-likeness (QED) is 0.418. The Morgan fingerprint density at radius 2 is 1.83 bits per heavy atom. The summed E-state index contributed by atoms with van der Waals surface area (Å²) in [5, 5.41) is 0. The third-order valence-electron chi connectivity index (χ3n) is 5.16. The normalized spacial score (nSPS) is 18.4. The summed E-state index contributed by atoms with van der Waals surface area (Å²) in [7, 11) is 0. The molecule has 2 nitrogen and oxygen atoms in total. The van der Waals surface area contributed by atoms with Crippen LogP contribution in [-0.4, -0.2) is 13.2 Å². The second-order valence-electron chi connectivity index (χ2n) is 7.22. The van der Waals surface area contributed by atoms with Crippen LogP contribution in [0, 0.1) is 24.6 Å². The van der Waals surface area contributed by atoms with Crippen LogP contribution >= 0.6 is 0 Å². The van der Waals surface area contributed by atoms with Crippen LogP contribution in [0.15, 0.2) is 24.3 Å². The number of benzene rings is 1. The lowest BCUT2D eigenvalue weighted by Gasteiger charge is -2.13. The van der Waals surface area contributed by atoms with E-state index in [4.69, 9.17) is 9.47 Å². The van der Waals surface area contributed by atoms with Gasteiger partial charge in [-0.1, -0.05) is 37.8 Å². The maximum absolute atomic E-state index is 14.4. The van der Waals surface area contributed by atoms with Gasteiger partial charge in [0.05, 0.1) is 6.61 Å². The molecule has 0 amide bonds. The average Bonchev–Trinajstić information content (AvgIpc) is 3.27. The van der Waals surface area contributed by atoms with E-state index in [2.05, 4.69) is 6.08 Å². The summed E-state index contributed by atoms with van der Waals surface area (Å²) in [5.41, 5.74) is 0.531. The van der Waals surface area contributed by atoms with Crippen molar-refractivity contribution in [1.29, 1.82) is 0 Å². The van der Waals surface area contributed by atoms with Gasteiger partial charge in [0.15, 0.2) is 11.6 Å². The molecule has 0 saturated heterocycles. The van der Waals surface area contributed by atoms with Crippen molar-refractivity contribution in [3.8, 4) is 11.5 Å². The number of halogens is 1. The molecule has 0 unspecified atom stereocenters. The second kappa shape index (κ2) is 8.55. The molecular weight excluding hydrogens is 303 g/mol. The molecule has 132 valence electrons. The van der Waals surface area contributed by atoms with E-state index in [0.717, 1.165) is 18.3 Å². The number of ether oxygens (including phenoxy) is 2. The molecule has 0 atom stereocenters. The van der Waals surface area contributed by atoms with E-state index in [0.29, 0.717) is 30.3 Å². The monoisotopic (exact) mass is 332 g/mol. The van der Waals surface area contributed by atoms with Crippen LogP contribution in [-0.2, 0) is 0 Å². The lowest BCUT2D eigenvalue weighted by Crippen LogP contribution is -2.04. The summed E-state index contributed by atoms with van der Waals surface area (Å²) in [6, 6.07) is 3.51. The van der Waals surface area contributed by atoms with Crippen LogP contribution in [0.25, 0.3) is 0 Å². The lowest BCUT2D eigenvalue weighted by atomic mass is 10.0. The minimum atomic E-state index is -0.292. The topological polar surface area (TPSA) is 18.5 Å². The Kier molecular flexibility index (Phi) is 6.17. The van der Waals surface area contributed by atoms with E-state index in [1.165, 1.54) is 44.9 Å². The Hall–Kier alpha value is -1.51. The average molecular weight is 332 g/mol. The molecule has 1 aromatic carbocycles. The zero-order valence-corrected chi connectivity index (χ0v) is 14.7. The Morgan fingerprint density at radius 3 is 2.58 bits per heavy atom. The molecule has 24 heavy (non-hydrogen) atoms. The van der Waals surface area contributed by atoms with Crippen molar-refractivity contribution in [3.63, 3.8) is 0 Å². The van der Waals surface area contributed by atoms with Gasteiger partial charge in [-0.05, 0) is 56.6 Å². The predicted octanol–water partition coefficient (Wildman–Crippen LogP) is 5.83. The van der Waals surface area contributed by atoms with Crippen molar-refractivity contribution in [1.82, 2.24) is 0 Å². The van der Waals surface area contributed by atoms with E-state index < -0.39 is 0 Å². The molecule has 3 heteroatoms. The Balaban J connectivity index is 1.44. The number of rotatable bonds is 9. The molecule has 1 aromatic rings. The van der Waals surface area contributed by atoms with Crippen molar-refractivity contribution in [2.45, 2.75) is 58.3 Å². The Bertz CT molecular complexity index is 557. The van der Waals surface area contributed by atoms with Crippen LogP contribution in [0.3, 0.4) is 0 Å². The molecular formula is C21H29FO2. The molecule has 0 aromatic heterocycles. The van der Waals surface area contributed by atoms with Crippen molar-refractivity contribution in [2.75, 3.05) is 13.2 Å². The summed E-state index contributed by atoms with van der Waals surface area (Å²) < 4.78 is 25.7. The summed E-state index contributed by atoms with van der Waals surface area (Å²) in [5.74, 6) is 2.26. The number of hydrogen-bond donors (Lipinski definition) is 0. The first-order chi connectivity index (χ1) is 11.7.